The maximum atomic E-state index is 10.8. The molecular weight excluding hydrogens is 142 g/mol. The molecule has 1 aliphatic rings. The Hall–Kier alpha value is -0.860. The first-order chi connectivity index (χ1) is 5.24. The fourth-order valence-corrected chi connectivity index (χ4v) is 0.987. The predicted octanol–water partition coefficient (Wildman–Crippen LogP) is 1.17. The van der Waals surface area contributed by atoms with E-state index in [0.717, 1.165) is 18.7 Å². The van der Waals surface area contributed by atoms with Gasteiger partial charge in [0.2, 0.25) is 0 Å². The van der Waals surface area contributed by atoms with Gasteiger partial charge in [0, 0.05) is 6.42 Å². The molecule has 11 heavy (non-hydrogen) atoms. The molecule has 3 nitrogen and oxygen atoms in total. The Bertz CT molecular complexity index is 187. The molecule has 3 heteroatoms. The molecule has 1 atom stereocenters. The van der Waals surface area contributed by atoms with Crippen molar-refractivity contribution in [2.75, 3.05) is 6.54 Å². The zero-order chi connectivity index (χ0) is 8.27. The van der Waals surface area contributed by atoms with Gasteiger partial charge in [-0.05, 0) is 13.3 Å². The van der Waals surface area contributed by atoms with E-state index in [1.165, 1.54) is 6.92 Å². The number of aliphatic imine (C=N–C) groups is 1. The van der Waals surface area contributed by atoms with Gasteiger partial charge >= 0.3 is 0 Å². The summed E-state index contributed by atoms with van der Waals surface area (Å²) < 4.78 is 5.26. The summed E-state index contributed by atoms with van der Waals surface area (Å²) in [6.07, 6.45) is 1.57. The Morgan fingerprint density at radius 2 is 2.55 bits per heavy atom. The van der Waals surface area contributed by atoms with Crippen LogP contribution in [0.4, 0.5) is 0 Å². The third-order valence-corrected chi connectivity index (χ3v) is 1.63. The van der Waals surface area contributed by atoms with Gasteiger partial charge in [-0.15, -0.1) is 0 Å². The number of carbonyl (C=O) groups excluding carboxylic acids is 1. The maximum absolute atomic E-state index is 10.8. The molecule has 0 saturated heterocycles. The summed E-state index contributed by atoms with van der Waals surface area (Å²) in [5.74, 6) is 0.813. The van der Waals surface area contributed by atoms with Crippen molar-refractivity contribution >= 4 is 11.7 Å². The highest BCUT2D eigenvalue weighted by atomic mass is 16.5. The van der Waals surface area contributed by atoms with Crippen LogP contribution in [0.15, 0.2) is 4.99 Å². The number of Topliss-reactive ketones (excluding diaryl/α,β-unsaturated/α-hetero) is 1. The van der Waals surface area contributed by atoms with Crippen LogP contribution in [0.2, 0.25) is 0 Å². The fourth-order valence-electron chi connectivity index (χ4n) is 0.987. The Morgan fingerprint density at radius 3 is 3.00 bits per heavy atom. The number of ketones is 1. The topological polar surface area (TPSA) is 38.7 Å². The zero-order valence-corrected chi connectivity index (χ0v) is 6.96. The van der Waals surface area contributed by atoms with Crippen LogP contribution in [-0.4, -0.2) is 24.3 Å². The van der Waals surface area contributed by atoms with E-state index in [-0.39, 0.29) is 11.9 Å². The lowest BCUT2D eigenvalue weighted by Gasteiger charge is -2.05. The van der Waals surface area contributed by atoms with Crippen LogP contribution in [0.3, 0.4) is 0 Å². The number of rotatable bonds is 3. The highest BCUT2D eigenvalue weighted by Gasteiger charge is 2.22. The number of carbonyl (C=O) groups is 1. The average Bonchev–Trinajstić information content (AvgIpc) is 2.37. The second-order valence-corrected chi connectivity index (χ2v) is 2.70. The predicted molar refractivity (Wildman–Crippen MR) is 42.8 cm³/mol. The first kappa shape index (κ1) is 8.24. The minimum Gasteiger partial charge on any atom is -0.468 e. The van der Waals surface area contributed by atoms with Crippen molar-refractivity contribution in [3.63, 3.8) is 0 Å². The standard InChI is InChI=1S/C8H13NO2/c1-3-4-8-9-5-7(11-8)6(2)10/h7H,3-5H2,1-2H3. The second-order valence-electron chi connectivity index (χ2n) is 2.70. The molecule has 0 amide bonds. The largest absolute Gasteiger partial charge is 0.468 e. The van der Waals surface area contributed by atoms with Crippen LogP contribution in [-0.2, 0) is 9.53 Å². The quantitative estimate of drug-likeness (QED) is 0.613. The van der Waals surface area contributed by atoms with Crippen LogP contribution < -0.4 is 0 Å². The smallest absolute Gasteiger partial charge is 0.184 e. The van der Waals surface area contributed by atoms with Gasteiger partial charge in [-0.1, -0.05) is 6.92 Å². The van der Waals surface area contributed by atoms with Crippen LogP contribution in [0.5, 0.6) is 0 Å². The van der Waals surface area contributed by atoms with E-state index in [4.69, 9.17) is 4.74 Å². The van der Waals surface area contributed by atoms with Gasteiger partial charge in [0.1, 0.15) is 0 Å². The minimum atomic E-state index is -0.295. The number of hydrogen-bond acceptors (Lipinski definition) is 3. The van der Waals surface area contributed by atoms with Gasteiger partial charge in [-0.2, -0.15) is 0 Å². The van der Waals surface area contributed by atoms with Gasteiger partial charge in [-0.25, -0.2) is 0 Å². The molecule has 1 heterocycles. The van der Waals surface area contributed by atoms with E-state index in [2.05, 4.69) is 11.9 Å². The lowest BCUT2D eigenvalue weighted by Crippen LogP contribution is -2.21. The SMILES string of the molecule is CCCC1=NCC(C(C)=O)O1. The van der Waals surface area contributed by atoms with Crippen molar-refractivity contribution in [3.05, 3.63) is 0 Å². The zero-order valence-electron chi connectivity index (χ0n) is 6.96. The van der Waals surface area contributed by atoms with Crippen LogP contribution >= 0.6 is 0 Å². The molecule has 0 aromatic rings. The van der Waals surface area contributed by atoms with Gasteiger partial charge in [-0.3, -0.25) is 9.79 Å². The Balaban J connectivity index is 2.36. The van der Waals surface area contributed by atoms with Crippen molar-refractivity contribution < 1.29 is 9.53 Å². The lowest BCUT2D eigenvalue weighted by atomic mass is 10.3. The average molecular weight is 155 g/mol. The molecule has 1 rings (SSSR count). The van der Waals surface area contributed by atoms with Crippen LogP contribution in [0.25, 0.3) is 0 Å². The molecule has 0 N–H and O–H groups in total. The van der Waals surface area contributed by atoms with Crippen molar-refractivity contribution in [2.24, 2.45) is 4.99 Å². The molecule has 0 bridgehead atoms. The summed E-state index contributed by atoms with van der Waals surface area (Å²) in [6.45, 7) is 4.12. The van der Waals surface area contributed by atoms with Crippen LogP contribution in [0.1, 0.15) is 26.7 Å². The second kappa shape index (κ2) is 3.51. The molecular formula is C8H13NO2. The number of ether oxygens (including phenoxy) is 1. The minimum absolute atomic E-state index is 0.0693. The Kier molecular flexibility index (Phi) is 2.63. The molecule has 0 spiro atoms. The van der Waals surface area contributed by atoms with Crippen molar-refractivity contribution in [1.82, 2.24) is 0 Å². The Morgan fingerprint density at radius 1 is 1.82 bits per heavy atom. The molecule has 62 valence electrons. The van der Waals surface area contributed by atoms with E-state index in [1.54, 1.807) is 0 Å². The van der Waals surface area contributed by atoms with Crippen LogP contribution in [0, 0.1) is 0 Å². The van der Waals surface area contributed by atoms with Gasteiger partial charge in [0.25, 0.3) is 0 Å². The molecule has 0 aromatic heterocycles. The highest BCUT2D eigenvalue weighted by molar-refractivity contribution is 5.87. The third kappa shape index (κ3) is 2.03. The maximum Gasteiger partial charge on any atom is 0.184 e. The first-order valence-corrected chi connectivity index (χ1v) is 3.94. The molecule has 0 fully saturated rings. The third-order valence-electron chi connectivity index (χ3n) is 1.63. The van der Waals surface area contributed by atoms with E-state index < -0.39 is 0 Å². The van der Waals surface area contributed by atoms with E-state index in [1.807, 2.05) is 0 Å². The summed E-state index contributed by atoms with van der Waals surface area (Å²) in [5, 5.41) is 0. The summed E-state index contributed by atoms with van der Waals surface area (Å²) in [4.78, 5) is 14.9. The van der Waals surface area contributed by atoms with Crippen molar-refractivity contribution in [1.29, 1.82) is 0 Å². The normalized spacial score (nSPS) is 22.7. The highest BCUT2D eigenvalue weighted by Crippen LogP contribution is 2.08. The number of nitrogens with zero attached hydrogens (tertiary/aromatic N) is 1. The summed E-state index contributed by atoms with van der Waals surface area (Å²) >= 11 is 0. The molecule has 0 radical (unpaired) electrons. The monoisotopic (exact) mass is 155 g/mol. The molecule has 0 saturated carbocycles. The van der Waals surface area contributed by atoms with E-state index in [9.17, 15) is 4.79 Å². The van der Waals surface area contributed by atoms with Crippen molar-refractivity contribution in [3.8, 4) is 0 Å². The van der Waals surface area contributed by atoms with Gasteiger partial charge < -0.3 is 4.74 Å². The summed E-state index contributed by atoms with van der Waals surface area (Å²) in [6, 6.07) is 0. The van der Waals surface area contributed by atoms with Gasteiger partial charge in [0.15, 0.2) is 17.8 Å². The first-order valence-electron chi connectivity index (χ1n) is 3.94. The molecule has 0 aromatic carbocycles. The fraction of sp³-hybridized carbons (Fsp3) is 0.750. The summed E-state index contributed by atoms with van der Waals surface area (Å²) in [5.41, 5.74) is 0. The van der Waals surface area contributed by atoms with E-state index >= 15 is 0 Å². The molecule has 1 aliphatic heterocycles. The summed E-state index contributed by atoms with van der Waals surface area (Å²) in [7, 11) is 0. The molecule has 0 aliphatic carbocycles. The van der Waals surface area contributed by atoms with Gasteiger partial charge in [0.05, 0.1) is 6.54 Å². The van der Waals surface area contributed by atoms with E-state index in [0.29, 0.717) is 6.54 Å². The number of hydrogen-bond donors (Lipinski definition) is 0. The molecule has 1 unspecified atom stereocenters. The van der Waals surface area contributed by atoms with Crippen molar-refractivity contribution in [2.45, 2.75) is 32.8 Å². The Labute approximate surface area is 66.5 Å². The lowest BCUT2D eigenvalue weighted by molar-refractivity contribution is -0.123.